The van der Waals surface area contributed by atoms with E-state index in [2.05, 4.69) is 36.8 Å². The lowest BCUT2D eigenvalue weighted by molar-refractivity contribution is 0.298. The number of ether oxygens (including phenoxy) is 1. The minimum Gasteiger partial charge on any atom is -0.485 e. The normalized spacial score (nSPS) is 10.7. The molecule has 1 aromatic carbocycles. The minimum atomic E-state index is 0.462. The number of hydrogen-bond acceptors (Lipinski definition) is 4. The summed E-state index contributed by atoms with van der Waals surface area (Å²) in [6.45, 7) is 2.95. The summed E-state index contributed by atoms with van der Waals surface area (Å²) in [6.07, 6.45) is 0. The van der Waals surface area contributed by atoms with Gasteiger partial charge in [0, 0.05) is 11.9 Å². The average molecular weight is 392 g/mol. The number of halogens is 2. The van der Waals surface area contributed by atoms with Gasteiger partial charge in [0.15, 0.2) is 0 Å². The zero-order valence-corrected chi connectivity index (χ0v) is 13.7. The van der Waals surface area contributed by atoms with Gasteiger partial charge in [-0.1, -0.05) is 0 Å². The first-order chi connectivity index (χ1) is 8.60. The Hall–Kier alpha value is -0.430. The summed E-state index contributed by atoms with van der Waals surface area (Å²) in [6, 6.07) is 3.93. The van der Waals surface area contributed by atoms with Crippen LogP contribution in [0.3, 0.4) is 0 Å². The van der Waals surface area contributed by atoms with Crippen molar-refractivity contribution in [1.29, 1.82) is 0 Å². The average Bonchev–Trinajstić information content (AvgIpc) is 2.73. The Bertz CT molecular complexity index is 534. The van der Waals surface area contributed by atoms with Crippen LogP contribution in [0, 0.1) is 6.92 Å². The van der Waals surface area contributed by atoms with Crippen molar-refractivity contribution in [3.8, 4) is 5.75 Å². The summed E-state index contributed by atoms with van der Waals surface area (Å²) in [7, 11) is 0. The Labute approximate surface area is 127 Å². The second-order valence-electron chi connectivity index (χ2n) is 3.74. The van der Waals surface area contributed by atoms with Crippen LogP contribution in [0.1, 0.15) is 16.3 Å². The van der Waals surface area contributed by atoms with Crippen molar-refractivity contribution in [3.63, 3.8) is 0 Å². The van der Waals surface area contributed by atoms with Crippen molar-refractivity contribution < 1.29 is 4.74 Å². The molecule has 0 atom stereocenters. The minimum absolute atomic E-state index is 0.462. The van der Waals surface area contributed by atoms with Gasteiger partial charge in [-0.2, -0.15) is 0 Å². The topological polar surface area (TPSA) is 48.1 Å². The van der Waals surface area contributed by atoms with E-state index in [1.165, 1.54) is 0 Å². The van der Waals surface area contributed by atoms with Crippen LogP contribution in [0.25, 0.3) is 0 Å². The molecule has 0 aliphatic heterocycles. The van der Waals surface area contributed by atoms with Gasteiger partial charge < -0.3 is 10.5 Å². The molecular formula is C12H12Br2N2OS. The second kappa shape index (κ2) is 6.14. The van der Waals surface area contributed by atoms with Gasteiger partial charge in [0.05, 0.1) is 19.6 Å². The van der Waals surface area contributed by atoms with Crippen molar-refractivity contribution in [1.82, 2.24) is 4.98 Å². The van der Waals surface area contributed by atoms with Crippen LogP contribution in [0.5, 0.6) is 5.75 Å². The van der Waals surface area contributed by atoms with Crippen LogP contribution >= 0.6 is 43.2 Å². The Morgan fingerprint density at radius 2 is 2.00 bits per heavy atom. The molecule has 0 saturated carbocycles. The molecule has 0 radical (unpaired) electrons. The van der Waals surface area contributed by atoms with Crippen LogP contribution in [0.2, 0.25) is 0 Å². The van der Waals surface area contributed by atoms with E-state index >= 15 is 0 Å². The van der Waals surface area contributed by atoms with Crippen LogP contribution in [0.4, 0.5) is 0 Å². The maximum absolute atomic E-state index is 5.78. The number of rotatable bonds is 4. The molecule has 96 valence electrons. The quantitative estimate of drug-likeness (QED) is 0.856. The lowest BCUT2D eigenvalue weighted by atomic mass is 10.2. The third-order valence-electron chi connectivity index (χ3n) is 2.32. The Balaban J connectivity index is 2.14. The Kier molecular flexibility index (Phi) is 4.77. The molecule has 6 heteroatoms. The molecule has 2 N–H and O–H groups in total. The van der Waals surface area contributed by atoms with Gasteiger partial charge in [-0.15, -0.1) is 11.3 Å². The van der Waals surface area contributed by atoms with Gasteiger partial charge in [-0.25, -0.2) is 4.98 Å². The number of thiazole rings is 1. The van der Waals surface area contributed by atoms with Crippen molar-refractivity contribution in [3.05, 3.63) is 42.7 Å². The lowest BCUT2D eigenvalue weighted by Crippen LogP contribution is -2.00. The molecule has 2 rings (SSSR count). The summed E-state index contributed by atoms with van der Waals surface area (Å²) in [4.78, 5) is 4.36. The second-order valence-corrected chi connectivity index (χ2v) is 6.51. The fourth-order valence-electron chi connectivity index (χ4n) is 1.49. The van der Waals surface area contributed by atoms with Gasteiger partial charge in [0.25, 0.3) is 0 Å². The third-order valence-corrected chi connectivity index (χ3v) is 4.33. The molecule has 3 nitrogen and oxygen atoms in total. The third kappa shape index (κ3) is 3.32. The van der Waals surface area contributed by atoms with E-state index in [0.29, 0.717) is 13.2 Å². The molecule has 0 aliphatic rings. The molecule has 1 aromatic heterocycles. The van der Waals surface area contributed by atoms with Gasteiger partial charge in [0.1, 0.15) is 12.4 Å². The van der Waals surface area contributed by atoms with Gasteiger partial charge in [0.2, 0.25) is 0 Å². The van der Waals surface area contributed by atoms with E-state index in [9.17, 15) is 0 Å². The standard InChI is InChI=1S/C12H12Br2N2OS/c1-7-16-9(6-18-7)5-17-12-10(13)2-8(4-15)3-11(12)14/h2-3,6H,4-5,15H2,1H3. The first-order valence-electron chi connectivity index (χ1n) is 5.32. The van der Waals surface area contributed by atoms with E-state index in [4.69, 9.17) is 10.5 Å². The molecule has 0 bridgehead atoms. The zero-order chi connectivity index (χ0) is 13.1. The fraction of sp³-hybridized carbons (Fsp3) is 0.250. The highest BCUT2D eigenvalue weighted by Crippen LogP contribution is 2.35. The Morgan fingerprint density at radius 3 is 2.50 bits per heavy atom. The van der Waals surface area contributed by atoms with Gasteiger partial charge >= 0.3 is 0 Å². The van der Waals surface area contributed by atoms with Crippen molar-refractivity contribution in [2.45, 2.75) is 20.1 Å². The van der Waals surface area contributed by atoms with Crippen molar-refractivity contribution in [2.24, 2.45) is 5.73 Å². The summed E-state index contributed by atoms with van der Waals surface area (Å²) in [5, 5.41) is 3.05. The molecule has 0 aliphatic carbocycles. The first-order valence-corrected chi connectivity index (χ1v) is 7.78. The molecular weight excluding hydrogens is 380 g/mol. The molecule has 0 fully saturated rings. The zero-order valence-electron chi connectivity index (χ0n) is 9.74. The number of aromatic nitrogens is 1. The highest BCUT2D eigenvalue weighted by molar-refractivity contribution is 9.11. The summed E-state index contributed by atoms with van der Waals surface area (Å²) < 4.78 is 7.56. The Morgan fingerprint density at radius 1 is 1.33 bits per heavy atom. The number of hydrogen-bond donors (Lipinski definition) is 1. The van der Waals surface area contributed by atoms with Crippen molar-refractivity contribution in [2.75, 3.05) is 0 Å². The molecule has 1 heterocycles. The van der Waals surface area contributed by atoms with Gasteiger partial charge in [-0.05, 0) is 56.5 Å². The van der Waals surface area contributed by atoms with E-state index in [-0.39, 0.29) is 0 Å². The highest BCUT2D eigenvalue weighted by atomic mass is 79.9. The maximum Gasteiger partial charge on any atom is 0.148 e. The number of aryl methyl sites for hydroxylation is 1. The summed E-state index contributed by atoms with van der Waals surface area (Å²) in [5.41, 5.74) is 7.60. The van der Waals surface area contributed by atoms with E-state index in [1.807, 2.05) is 24.4 Å². The highest BCUT2D eigenvalue weighted by Gasteiger charge is 2.09. The number of nitrogens with zero attached hydrogens (tertiary/aromatic N) is 1. The monoisotopic (exact) mass is 390 g/mol. The molecule has 0 saturated heterocycles. The first kappa shape index (κ1) is 14.0. The largest absolute Gasteiger partial charge is 0.485 e. The van der Waals surface area contributed by atoms with Crippen LogP contribution in [-0.2, 0) is 13.2 Å². The molecule has 0 amide bonds. The summed E-state index contributed by atoms with van der Waals surface area (Å²) >= 11 is 8.60. The van der Waals surface area contributed by atoms with Crippen molar-refractivity contribution >= 4 is 43.2 Å². The van der Waals surface area contributed by atoms with E-state index < -0.39 is 0 Å². The fourth-order valence-corrected chi connectivity index (χ4v) is 3.60. The van der Waals surface area contributed by atoms with Gasteiger partial charge in [-0.3, -0.25) is 0 Å². The molecule has 0 unspecified atom stereocenters. The lowest BCUT2D eigenvalue weighted by Gasteiger charge is -2.10. The predicted octanol–water partition coefficient (Wildman–Crippen LogP) is 4.01. The van der Waals surface area contributed by atoms with Crippen LogP contribution in [-0.4, -0.2) is 4.98 Å². The van der Waals surface area contributed by atoms with E-state index in [0.717, 1.165) is 31.0 Å². The maximum atomic E-state index is 5.78. The predicted molar refractivity (Wildman–Crippen MR) is 80.9 cm³/mol. The number of nitrogens with two attached hydrogens (primary N) is 1. The number of benzene rings is 1. The molecule has 0 spiro atoms. The SMILES string of the molecule is Cc1nc(COc2c(Br)cc(CN)cc2Br)cs1. The summed E-state index contributed by atoms with van der Waals surface area (Å²) in [5.74, 6) is 0.776. The smallest absolute Gasteiger partial charge is 0.148 e. The van der Waals surface area contributed by atoms with Crippen LogP contribution < -0.4 is 10.5 Å². The van der Waals surface area contributed by atoms with E-state index in [1.54, 1.807) is 11.3 Å². The molecule has 2 aromatic rings. The van der Waals surface area contributed by atoms with Crippen LogP contribution in [0.15, 0.2) is 26.5 Å². The molecule has 18 heavy (non-hydrogen) atoms.